The summed E-state index contributed by atoms with van der Waals surface area (Å²) in [6.45, 7) is 3.44. The van der Waals surface area contributed by atoms with Crippen LogP contribution in [0.25, 0.3) is 11.3 Å². The molecule has 1 unspecified atom stereocenters. The fourth-order valence-electron chi connectivity index (χ4n) is 3.75. The van der Waals surface area contributed by atoms with Gasteiger partial charge >= 0.3 is 6.18 Å². The fraction of sp³-hybridized carbons (Fsp3) is 0.304. The van der Waals surface area contributed by atoms with E-state index in [4.69, 9.17) is 5.73 Å². The first-order valence-electron chi connectivity index (χ1n) is 10.4. The minimum atomic E-state index is -4.50. The van der Waals surface area contributed by atoms with Crippen LogP contribution in [0.15, 0.2) is 59.6 Å². The Morgan fingerprint density at radius 2 is 1.88 bits per heavy atom. The van der Waals surface area contributed by atoms with Gasteiger partial charge < -0.3 is 15.4 Å². The van der Waals surface area contributed by atoms with Crippen molar-refractivity contribution in [3.63, 3.8) is 0 Å². The molecule has 0 bridgehead atoms. The van der Waals surface area contributed by atoms with Crippen molar-refractivity contribution in [3.05, 3.63) is 65.7 Å². The summed E-state index contributed by atoms with van der Waals surface area (Å²) in [5.74, 6) is 1.17. The maximum atomic E-state index is 13.6. The van der Waals surface area contributed by atoms with Gasteiger partial charge in [0.05, 0.1) is 11.3 Å². The number of nitrogens with one attached hydrogen (secondary N) is 1. The van der Waals surface area contributed by atoms with Gasteiger partial charge in [0.25, 0.3) is 0 Å². The molecule has 3 N–H and O–H groups in total. The zero-order valence-electron chi connectivity index (χ0n) is 17.6. The van der Waals surface area contributed by atoms with E-state index in [1.54, 1.807) is 31.2 Å². The number of pyridine rings is 2. The largest absolute Gasteiger partial charge is 0.418 e. The third kappa shape index (κ3) is 5.16. The summed E-state index contributed by atoms with van der Waals surface area (Å²) >= 11 is 1.21. The summed E-state index contributed by atoms with van der Waals surface area (Å²) in [4.78, 5) is 11.1. The molecule has 0 spiro atoms. The first kappa shape index (κ1) is 22.4. The van der Waals surface area contributed by atoms with Crippen LogP contribution in [0.2, 0.25) is 0 Å². The number of alkyl halides is 3. The molecule has 5 nitrogen and oxygen atoms in total. The summed E-state index contributed by atoms with van der Waals surface area (Å²) in [5.41, 5.74) is 6.40. The predicted octanol–water partition coefficient (Wildman–Crippen LogP) is 5.52. The molecule has 0 amide bonds. The van der Waals surface area contributed by atoms with Crippen molar-refractivity contribution in [1.29, 1.82) is 0 Å². The standard InChI is InChI=1S/C23H24F3N5S/c1-15-6-2-3-8-17(15)22-18(23(24,25)26)11-12-19(28-22)30-32-21-10-4-9-20(29-21)31-13-5-7-16(27)14-31/h2-4,6,8-12,16H,5,7,13-14,27H2,1H3,(H,28,30). The number of aromatic nitrogens is 2. The van der Waals surface area contributed by atoms with Crippen LogP contribution in [0.1, 0.15) is 24.0 Å². The molecule has 0 radical (unpaired) electrons. The Bertz CT molecular complexity index is 1090. The molecule has 32 heavy (non-hydrogen) atoms. The van der Waals surface area contributed by atoms with E-state index >= 15 is 0 Å². The minimum Gasteiger partial charge on any atom is -0.355 e. The number of nitrogens with two attached hydrogens (primary N) is 1. The van der Waals surface area contributed by atoms with Crippen LogP contribution >= 0.6 is 11.9 Å². The molecule has 1 atom stereocenters. The van der Waals surface area contributed by atoms with E-state index < -0.39 is 11.7 Å². The summed E-state index contributed by atoms with van der Waals surface area (Å²) in [6, 6.07) is 15.2. The molecule has 168 valence electrons. The van der Waals surface area contributed by atoms with E-state index in [1.807, 2.05) is 18.2 Å². The molecule has 4 rings (SSSR count). The zero-order chi connectivity index (χ0) is 22.7. The van der Waals surface area contributed by atoms with Crippen molar-refractivity contribution in [3.8, 4) is 11.3 Å². The van der Waals surface area contributed by atoms with Crippen molar-refractivity contribution < 1.29 is 13.2 Å². The van der Waals surface area contributed by atoms with Gasteiger partial charge in [-0.3, -0.25) is 0 Å². The van der Waals surface area contributed by atoms with Gasteiger partial charge in [-0.05, 0) is 49.6 Å². The molecule has 1 aliphatic heterocycles. The van der Waals surface area contributed by atoms with Gasteiger partial charge in [0.2, 0.25) is 0 Å². The molecule has 2 aromatic heterocycles. The van der Waals surface area contributed by atoms with Gasteiger partial charge in [-0.1, -0.05) is 30.3 Å². The topological polar surface area (TPSA) is 67.1 Å². The summed E-state index contributed by atoms with van der Waals surface area (Å²) in [5, 5.41) is 0.695. The molecule has 3 heterocycles. The van der Waals surface area contributed by atoms with Crippen LogP contribution in [-0.4, -0.2) is 29.1 Å². The average molecular weight is 460 g/mol. The van der Waals surface area contributed by atoms with Crippen LogP contribution in [0.5, 0.6) is 0 Å². The molecule has 0 saturated carbocycles. The number of hydrogen-bond donors (Lipinski definition) is 2. The second-order valence-corrected chi connectivity index (χ2v) is 8.62. The quantitative estimate of drug-likeness (QED) is 0.490. The highest BCUT2D eigenvalue weighted by Gasteiger charge is 2.35. The Morgan fingerprint density at radius 1 is 1.06 bits per heavy atom. The highest BCUT2D eigenvalue weighted by molar-refractivity contribution is 8.00. The fourth-order valence-corrected chi connectivity index (χ4v) is 4.36. The monoisotopic (exact) mass is 459 g/mol. The first-order chi connectivity index (χ1) is 15.3. The second-order valence-electron chi connectivity index (χ2n) is 7.79. The predicted molar refractivity (Wildman–Crippen MR) is 123 cm³/mol. The van der Waals surface area contributed by atoms with Crippen molar-refractivity contribution in [2.24, 2.45) is 5.73 Å². The molecule has 9 heteroatoms. The lowest BCUT2D eigenvalue weighted by molar-refractivity contribution is -0.137. The van der Waals surface area contributed by atoms with E-state index in [1.165, 1.54) is 18.0 Å². The second kappa shape index (κ2) is 9.38. The highest BCUT2D eigenvalue weighted by Crippen LogP contribution is 2.38. The minimum absolute atomic E-state index is 0.0924. The Kier molecular flexibility index (Phi) is 6.57. The number of halogens is 3. The van der Waals surface area contributed by atoms with E-state index in [0.29, 0.717) is 16.4 Å². The summed E-state index contributed by atoms with van der Waals surface area (Å²) in [7, 11) is 0. The average Bonchev–Trinajstić information content (AvgIpc) is 2.77. The van der Waals surface area contributed by atoms with Crippen molar-refractivity contribution in [1.82, 2.24) is 9.97 Å². The van der Waals surface area contributed by atoms with Gasteiger partial charge in [-0.25, -0.2) is 9.97 Å². The van der Waals surface area contributed by atoms with Gasteiger partial charge in [0.15, 0.2) is 0 Å². The number of piperidine rings is 1. The van der Waals surface area contributed by atoms with Crippen molar-refractivity contribution in [2.75, 3.05) is 22.7 Å². The van der Waals surface area contributed by atoms with Crippen LogP contribution in [0.3, 0.4) is 0 Å². The number of hydrogen-bond acceptors (Lipinski definition) is 6. The van der Waals surface area contributed by atoms with Crippen LogP contribution in [0.4, 0.5) is 24.8 Å². The third-order valence-electron chi connectivity index (χ3n) is 5.35. The highest BCUT2D eigenvalue weighted by atomic mass is 32.2. The number of rotatable bonds is 5. The van der Waals surface area contributed by atoms with E-state index in [2.05, 4.69) is 19.6 Å². The maximum absolute atomic E-state index is 13.6. The molecular formula is C23H24F3N5S. The van der Waals surface area contributed by atoms with Crippen LogP contribution < -0.4 is 15.4 Å². The maximum Gasteiger partial charge on any atom is 0.418 e. The van der Waals surface area contributed by atoms with Crippen molar-refractivity contribution in [2.45, 2.75) is 37.0 Å². The van der Waals surface area contributed by atoms with Gasteiger partial charge in [-0.2, -0.15) is 13.2 Å². The Hall–Kier alpha value is -2.78. The Balaban J connectivity index is 1.56. The number of aryl methyl sites for hydroxylation is 1. The number of anilines is 2. The smallest absolute Gasteiger partial charge is 0.355 e. The molecule has 1 aliphatic rings. The number of nitrogens with zero attached hydrogens (tertiary/aromatic N) is 3. The summed E-state index contributed by atoms with van der Waals surface area (Å²) < 4.78 is 43.9. The number of benzene rings is 1. The zero-order valence-corrected chi connectivity index (χ0v) is 18.4. The van der Waals surface area contributed by atoms with E-state index in [-0.39, 0.29) is 11.7 Å². The molecule has 1 saturated heterocycles. The molecular weight excluding hydrogens is 435 g/mol. The lowest BCUT2D eigenvalue weighted by Gasteiger charge is -2.31. The first-order valence-corrected chi connectivity index (χ1v) is 11.2. The summed E-state index contributed by atoms with van der Waals surface area (Å²) in [6.07, 6.45) is -2.47. The Labute approximate surface area is 189 Å². The lowest BCUT2D eigenvalue weighted by Crippen LogP contribution is -2.43. The molecule has 3 aromatic rings. The van der Waals surface area contributed by atoms with Gasteiger partial charge in [0, 0.05) is 36.6 Å². The van der Waals surface area contributed by atoms with Gasteiger partial charge in [0.1, 0.15) is 16.7 Å². The SMILES string of the molecule is Cc1ccccc1-c1nc(NSc2cccc(N3CCCC(N)C3)n2)ccc1C(F)(F)F. The van der Waals surface area contributed by atoms with E-state index in [0.717, 1.165) is 43.4 Å². The lowest BCUT2D eigenvalue weighted by atomic mass is 10.0. The van der Waals surface area contributed by atoms with E-state index in [9.17, 15) is 13.2 Å². The third-order valence-corrected chi connectivity index (χ3v) is 6.10. The normalized spacial score (nSPS) is 16.8. The van der Waals surface area contributed by atoms with Gasteiger partial charge in [-0.15, -0.1) is 0 Å². The molecule has 1 fully saturated rings. The van der Waals surface area contributed by atoms with Crippen LogP contribution in [0, 0.1) is 6.92 Å². The van der Waals surface area contributed by atoms with Crippen LogP contribution in [-0.2, 0) is 6.18 Å². The molecule has 0 aliphatic carbocycles. The Morgan fingerprint density at radius 3 is 2.62 bits per heavy atom. The van der Waals surface area contributed by atoms with Crippen molar-refractivity contribution >= 4 is 23.6 Å². The molecule has 1 aromatic carbocycles.